The van der Waals surface area contributed by atoms with E-state index in [1.54, 1.807) is 30.5 Å². The molecule has 2 aromatic rings. The van der Waals surface area contributed by atoms with Crippen molar-refractivity contribution in [1.29, 1.82) is 0 Å². The first-order valence-electron chi connectivity index (χ1n) is 7.00. The quantitative estimate of drug-likeness (QED) is 0.632. The number of hydrogen-bond donors (Lipinski definition) is 1. The van der Waals surface area contributed by atoms with Crippen molar-refractivity contribution in [3.05, 3.63) is 66.2 Å². The highest BCUT2D eigenvalue weighted by Gasteiger charge is 2.01. The number of halogens is 1. The molecule has 1 aromatic heterocycles. The van der Waals surface area contributed by atoms with Crippen LogP contribution in [0.5, 0.6) is 5.75 Å². The monoisotopic (exact) mass is 300 g/mol. The lowest BCUT2D eigenvalue weighted by Crippen LogP contribution is -2.23. The van der Waals surface area contributed by atoms with Crippen LogP contribution in [0, 0.1) is 5.82 Å². The molecule has 0 aliphatic rings. The highest BCUT2D eigenvalue weighted by molar-refractivity contribution is 5.91. The lowest BCUT2D eigenvalue weighted by molar-refractivity contribution is -0.116. The number of pyridine rings is 1. The summed E-state index contributed by atoms with van der Waals surface area (Å²) in [4.78, 5) is 15.7. The summed E-state index contributed by atoms with van der Waals surface area (Å²) < 4.78 is 18.6. The molecular formula is C17H17FN2O2. The van der Waals surface area contributed by atoms with Crippen LogP contribution in [0.3, 0.4) is 0 Å². The number of ether oxygens (including phenoxy) is 1. The average molecular weight is 300 g/mol. The van der Waals surface area contributed by atoms with Gasteiger partial charge in [0.2, 0.25) is 5.91 Å². The Hall–Kier alpha value is -2.69. The minimum atomic E-state index is -0.384. The Kier molecular flexibility index (Phi) is 6.11. The smallest absolute Gasteiger partial charge is 0.244 e. The molecule has 0 saturated carbocycles. The second-order valence-corrected chi connectivity index (χ2v) is 4.51. The fourth-order valence-electron chi connectivity index (χ4n) is 1.72. The van der Waals surface area contributed by atoms with Crippen molar-refractivity contribution in [2.45, 2.75) is 6.42 Å². The van der Waals surface area contributed by atoms with Crippen molar-refractivity contribution >= 4 is 12.0 Å². The van der Waals surface area contributed by atoms with E-state index in [0.29, 0.717) is 19.6 Å². The number of aromatic nitrogens is 1. The van der Waals surface area contributed by atoms with Gasteiger partial charge in [-0.25, -0.2) is 4.39 Å². The van der Waals surface area contributed by atoms with Crippen molar-refractivity contribution in [3.8, 4) is 5.75 Å². The maximum absolute atomic E-state index is 13.3. The molecule has 1 N–H and O–H groups in total. The Morgan fingerprint density at radius 1 is 1.23 bits per heavy atom. The first kappa shape index (κ1) is 15.7. The fraction of sp³-hybridized carbons (Fsp3) is 0.176. The van der Waals surface area contributed by atoms with Gasteiger partial charge in [-0.05, 0) is 36.8 Å². The molecule has 0 radical (unpaired) electrons. The number of benzene rings is 1. The molecule has 0 atom stereocenters. The fourth-order valence-corrected chi connectivity index (χ4v) is 1.72. The normalized spacial score (nSPS) is 10.6. The molecule has 1 amide bonds. The van der Waals surface area contributed by atoms with Gasteiger partial charge in [0.15, 0.2) is 11.6 Å². The third kappa shape index (κ3) is 5.36. The van der Waals surface area contributed by atoms with Gasteiger partial charge in [-0.3, -0.25) is 9.78 Å². The predicted molar refractivity (Wildman–Crippen MR) is 82.8 cm³/mol. The zero-order valence-corrected chi connectivity index (χ0v) is 12.0. The molecule has 0 aliphatic carbocycles. The van der Waals surface area contributed by atoms with Crippen LogP contribution in [0.2, 0.25) is 0 Å². The summed E-state index contributed by atoms with van der Waals surface area (Å²) in [5.74, 6) is -0.356. The Bertz CT molecular complexity index is 630. The van der Waals surface area contributed by atoms with Gasteiger partial charge in [-0.15, -0.1) is 0 Å². The molecule has 5 heteroatoms. The first-order valence-corrected chi connectivity index (χ1v) is 7.00. The summed E-state index contributed by atoms with van der Waals surface area (Å²) in [5, 5.41) is 2.73. The van der Waals surface area contributed by atoms with Crippen LogP contribution in [0.4, 0.5) is 4.39 Å². The van der Waals surface area contributed by atoms with E-state index in [-0.39, 0.29) is 17.5 Å². The molecule has 4 nitrogen and oxygen atoms in total. The number of rotatable bonds is 7. The molecule has 1 heterocycles. The molecule has 2 rings (SSSR count). The number of carbonyl (C=O) groups excluding carboxylic acids is 1. The van der Waals surface area contributed by atoms with Crippen molar-refractivity contribution in [1.82, 2.24) is 10.3 Å². The number of hydrogen-bond acceptors (Lipinski definition) is 3. The van der Waals surface area contributed by atoms with E-state index in [9.17, 15) is 9.18 Å². The second-order valence-electron chi connectivity index (χ2n) is 4.51. The van der Waals surface area contributed by atoms with Gasteiger partial charge >= 0.3 is 0 Å². The maximum atomic E-state index is 13.3. The van der Waals surface area contributed by atoms with Crippen molar-refractivity contribution in [2.75, 3.05) is 13.2 Å². The maximum Gasteiger partial charge on any atom is 0.244 e. The minimum absolute atomic E-state index is 0.198. The highest BCUT2D eigenvalue weighted by atomic mass is 19.1. The van der Waals surface area contributed by atoms with Crippen molar-refractivity contribution in [2.24, 2.45) is 0 Å². The molecule has 1 aromatic carbocycles. The van der Waals surface area contributed by atoms with Gasteiger partial charge < -0.3 is 10.1 Å². The highest BCUT2D eigenvalue weighted by Crippen LogP contribution is 2.15. The molecule has 0 aliphatic heterocycles. The van der Waals surface area contributed by atoms with E-state index in [2.05, 4.69) is 10.3 Å². The molecule has 114 valence electrons. The van der Waals surface area contributed by atoms with Crippen LogP contribution >= 0.6 is 0 Å². The van der Waals surface area contributed by atoms with E-state index in [1.165, 1.54) is 12.1 Å². The first-order chi connectivity index (χ1) is 10.8. The van der Waals surface area contributed by atoms with Crippen molar-refractivity contribution < 1.29 is 13.9 Å². The van der Waals surface area contributed by atoms with E-state index in [0.717, 1.165) is 5.69 Å². The van der Waals surface area contributed by atoms with Crippen LogP contribution < -0.4 is 10.1 Å². The SMILES string of the molecule is O=C(/C=C/c1ccccn1)NCCCOc1ccccc1F. The Balaban J connectivity index is 1.63. The summed E-state index contributed by atoms with van der Waals surface area (Å²) in [6.07, 6.45) is 5.33. The topological polar surface area (TPSA) is 51.2 Å². The van der Waals surface area contributed by atoms with E-state index >= 15 is 0 Å². The minimum Gasteiger partial charge on any atom is -0.490 e. The molecule has 0 fully saturated rings. The molecular weight excluding hydrogens is 283 g/mol. The lowest BCUT2D eigenvalue weighted by Gasteiger charge is -2.07. The molecule has 0 unspecified atom stereocenters. The van der Waals surface area contributed by atoms with E-state index < -0.39 is 0 Å². The molecule has 22 heavy (non-hydrogen) atoms. The zero-order chi connectivity index (χ0) is 15.6. The summed E-state index contributed by atoms with van der Waals surface area (Å²) in [5.41, 5.74) is 0.723. The predicted octanol–water partition coefficient (Wildman–Crippen LogP) is 2.82. The summed E-state index contributed by atoms with van der Waals surface area (Å²) in [6, 6.07) is 11.7. The molecule has 0 spiro atoms. The van der Waals surface area contributed by atoms with Crippen LogP contribution in [0.1, 0.15) is 12.1 Å². The zero-order valence-electron chi connectivity index (χ0n) is 12.0. The van der Waals surface area contributed by atoms with Crippen LogP contribution in [0.15, 0.2) is 54.7 Å². The summed E-state index contributed by atoms with van der Waals surface area (Å²) >= 11 is 0. The van der Waals surface area contributed by atoms with Gasteiger partial charge in [-0.1, -0.05) is 18.2 Å². The van der Waals surface area contributed by atoms with Crippen molar-refractivity contribution in [3.63, 3.8) is 0 Å². The standard InChI is InChI=1S/C17H17FN2O2/c18-15-7-1-2-8-16(15)22-13-5-12-20-17(21)10-9-14-6-3-4-11-19-14/h1-4,6-11H,5,12-13H2,(H,20,21)/b10-9+. The van der Waals surface area contributed by atoms with Gasteiger partial charge in [0.1, 0.15) is 0 Å². The van der Waals surface area contributed by atoms with Gasteiger partial charge in [0, 0.05) is 18.8 Å². The van der Waals surface area contributed by atoms with Gasteiger partial charge in [-0.2, -0.15) is 0 Å². The van der Waals surface area contributed by atoms with E-state index in [1.807, 2.05) is 18.2 Å². The number of nitrogens with one attached hydrogen (secondary N) is 1. The van der Waals surface area contributed by atoms with Gasteiger partial charge in [0.25, 0.3) is 0 Å². The Morgan fingerprint density at radius 3 is 2.82 bits per heavy atom. The number of nitrogens with zero attached hydrogens (tertiary/aromatic N) is 1. The van der Waals surface area contributed by atoms with Crippen LogP contribution in [0.25, 0.3) is 6.08 Å². The third-order valence-electron chi connectivity index (χ3n) is 2.81. The largest absolute Gasteiger partial charge is 0.490 e. The van der Waals surface area contributed by atoms with Crippen LogP contribution in [-0.4, -0.2) is 24.0 Å². The summed E-state index contributed by atoms with van der Waals surface area (Å²) in [7, 11) is 0. The third-order valence-corrected chi connectivity index (χ3v) is 2.81. The lowest BCUT2D eigenvalue weighted by atomic mass is 10.3. The Morgan fingerprint density at radius 2 is 2.05 bits per heavy atom. The summed E-state index contributed by atoms with van der Waals surface area (Å²) in [6.45, 7) is 0.797. The number of amides is 1. The molecule has 0 bridgehead atoms. The number of para-hydroxylation sites is 1. The van der Waals surface area contributed by atoms with E-state index in [4.69, 9.17) is 4.74 Å². The molecule has 0 saturated heterocycles. The van der Waals surface area contributed by atoms with Gasteiger partial charge in [0.05, 0.1) is 12.3 Å². The average Bonchev–Trinajstić information content (AvgIpc) is 2.55. The Labute approximate surface area is 128 Å². The number of carbonyl (C=O) groups is 1. The van der Waals surface area contributed by atoms with Crippen LogP contribution in [-0.2, 0) is 4.79 Å². The second kappa shape index (κ2) is 8.56.